The molecule has 0 fully saturated rings. The molecule has 14 aromatic carbocycles. The SMILES string of the molecule is CC(C)(C)c1ccc2c(c1)c1cc(C(C)(C)Cc3ccc(N(c4ccccc4)c4ccc5c(c4)c4c6ccccc6ccc4n5-c4c(C#N)ccc(C#N)c4-n4c5ccccc5c5ccccc54)cc3)ccc1n2-c1c(C#N)ccc(C#N)c1-n1c2ccccc2c2c3ccccc3ccc21. The van der Waals surface area contributed by atoms with Gasteiger partial charge in [0.05, 0.1) is 89.1 Å². The molecular formula is C92H63N9. The zero-order chi connectivity index (χ0) is 68.6. The van der Waals surface area contributed by atoms with Crippen molar-refractivity contribution in [3.05, 3.63) is 318 Å². The lowest BCUT2D eigenvalue weighted by atomic mass is 9.78. The molecule has 0 atom stereocenters. The Balaban J connectivity index is 0.765. The van der Waals surface area contributed by atoms with E-state index < -0.39 is 0 Å². The van der Waals surface area contributed by atoms with E-state index in [1.54, 1.807) is 24.3 Å². The third kappa shape index (κ3) is 9.19. The molecule has 0 bridgehead atoms. The van der Waals surface area contributed by atoms with Crippen LogP contribution in [0.2, 0.25) is 0 Å². The highest BCUT2D eigenvalue weighted by Gasteiger charge is 2.31. The van der Waals surface area contributed by atoms with E-state index >= 15 is 0 Å². The Morgan fingerprint density at radius 3 is 1.14 bits per heavy atom. The van der Waals surface area contributed by atoms with Crippen LogP contribution in [0.4, 0.5) is 17.1 Å². The second-order valence-corrected chi connectivity index (χ2v) is 28.2. The van der Waals surface area contributed by atoms with Crippen molar-refractivity contribution in [3.63, 3.8) is 0 Å². The number of para-hydroxylation sites is 4. The lowest BCUT2D eigenvalue weighted by Gasteiger charge is -2.28. The van der Waals surface area contributed by atoms with Crippen molar-refractivity contribution in [2.75, 3.05) is 4.90 Å². The summed E-state index contributed by atoms with van der Waals surface area (Å²) in [7, 11) is 0. The molecule has 9 nitrogen and oxygen atoms in total. The minimum atomic E-state index is -0.359. The van der Waals surface area contributed by atoms with E-state index in [2.05, 4.69) is 300 Å². The number of fused-ring (bicyclic) bond motifs is 16. The summed E-state index contributed by atoms with van der Waals surface area (Å²) in [6.45, 7) is 11.4. The Morgan fingerprint density at radius 1 is 0.287 bits per heavy atom. The van der Waals surface area contributed by atoms with Crippen molar-refractivity contribution in [2.24, 2.45) is 0 Å². The van der Waals surface area contributed by atoms with Gasteiger partial charge in [0.1, 0.15) is 24.3 Å². The highest BCUT2D eigenvalue weighted by atomic mass is 15.1. The predicted molar refractivity (Wildman–Crippen MR) is 414 cm³/mol. The lowest BCUT2D eigenvalue weighted by molar-refractivity contribution is 0.523. The Hall–Kier alpha value is -13.4. The van der Waals surface area contributed by atoms with Gasteiger partial charge in [-0.25, -0.2) is 0 Å². The summed E-state index contributed by atoms with van der Waals surface area (Å²) in [6, 6.07) is 108. The summed E-state index contributed by atoms with van der Waals surface area (Å²) in [5.41, 5.74) is 17.9. The molecule has 0 unspecified atom stereocenters. The Bertz CT molecular complexity index is 6680. The van der Waals surface area contributed by atoms with Gasteiger partial charge < -0.3 is 23.2 Å². The summed E-state index contributed by atoms with van der Waals surface area (Å²) in [6.07, 6.45) is 0.734. The first-order valence-corrected chi connectivity index (χ1v) is 34.2. The van der Waals surface area contributed by atoms with E-state index in [1.165, 1.54) is 16.7 Å². The lowest BCUT2D eigenvalue weighted by Crippen LogP contribution is -2.20. The van der Waals surface area contributed by atoms with Crippen LogP contribution < -0.4 is 4.90 Å². The van der Waals surface area contributed by atoms with Crippen LogP contribution in [0.3, 0.4) is 0 Å². The number of nitrogens with zero attached hydrogens (tertiary/aromatic N) is 9. The quantitative estimate of drug-likeness (QED) is 0.135. The molecule has 0 saturated heterocycles. The first-order chi connectivity index (χ1) is 49.3. The molecule has 4 heterocycles. The Kier molecular flexibility index (Phi) is 13.6. The average molecular weight is 1290 g/mol. The number of anilines is 3. The maximum absolute atomic E-state index is 11.3. The van der Waals surface area contributed by atoms with Crippen LogP contribution in [0.1, 0.15) is 73.6 Å². The standard InChI is InChI=1S/C92H63N9/c1-91(2,3)64-39-46-80-74(49-64)75-50-65(40-47-81(75)99(80)88-61(54-94)34-35-62(55-95)89(88)100-79-30-18-15-27-73(79)85-69-23-11-9-19-58(69)37-44-83(85)100)92(4,5)52-57-31-41-67(42-32-57)97(66-21-7-6-8-22-66)68-43-48-82-76(51-68)86-70-24-12-10-20-59(70)38-45-84(86)101(82)90-63(56-96)36-33-60(53-93)87(90)98-77-28-16-13-25-71(77)72-26-14-17-29-78(72)98/h6-51H,52H2,1-5H3. The molecule has 0 aliphatic rings. The van der Waals surface area contributed by atoms with Crippen molar-refractivity contribution in [3.8, 4) is 47.0 Å². The molecule has 0 saturated carbocycles. The molecule has 18 rings (SSSR count). The molecule has 0 spiro atoms. The zero-order valence-electron chi connectivity index (χ0n) is 56.3. The van der Waals surface area contributed by atoms with Crippen molar-refractivity contribution in [1.29, 1.82) is 21.0 Å². The summed E-state index contributed by atoms with van der Waals surface area (Å²) < 4.78 is 8.84. The van der Waals surface area contributed by atoms with Crippen LogP contribution in [0, 0.1) is 45.3 Å². The van der Waals surface area contributed by atoms with Crippen LogP contribution in [0.25, 0.3) is 132 Å². The van der Waals surface area contributed by atoms with Crippen molar-refractivity contribution >= 4 is 126 Å². The largest absolute Gasteiger partial charge is 0.310 e. The number of hydrogen-bond acceptors (Lipinski definition) is 5. The second kappa shape index (κ2) is 22.8. The molecule has 476 valence electrons. The smallest absolute Gasteiger partial charge is 0.101 e. The minimum absolute atomic E-state index is 0.158. The summed E-state index contributed by atoms with van der Waals surface area (Å²) >= 11 is 0. The molecule has 18 aromatic rings. The molecule has 9 heteroatoms. The number of benzene rings is 14. The van der Waals surface area contributed by atoms with Gasteiger partial charge in [0.15, 0.2) is 0 Å². The van der Waals surface area contributed by atoms with Crippen LogP contribution in [-0.2, 0) is 17.3 Å². The number of nitriles is 4. The van der Waals surface area contributed by atoms with Gasteiger partial charge in [-0.2, -0.15) is 21.0 Å². The topological polar surface area (TPSA) is 118 Å². The first-order valence-electron chi connectivity index (χ1n) is 34.2. The van der Waals surface area contributed by atoms with E-state index in [4.69, 9.17) is 0 Å². The molecule has 0 aliphatic heterocycles. The summed E-state index contributed by atoms with van der Waals surface area (Å²) in [5.74, 6) is 0. The fourth-order valence-corrected chi connectivity index (χ4v) is 16.3. The Labute approximate surface area is 583 Å². The maximum Gasteiger partial charge on any atom is 0.101 e. The van der Waals surface area contributed by atoms with Gasteiger partial charge in [-0.15, -0.1) is 0 Å². The molecule has 0 radical (unpaired) electrons. The van der Waals surface area contributed by atoms with Gasteiger partial charge in [-0.3, -0.25) is 0 Å². The van der Waals surface area contributed by atoms with Gasteiger partial charge in [0.2, 0.25) is 0 Å². The highest BCUT2D eigenvalue weighted by molar-refractivity contribution is 6.24. The molecule has 4 aromatic heterocycles. The molecular weight excluding hydrogens is 1230 g/mol. The predicted octanol–water partition coefficient (Wildman–Crippen LogP) is 23.2. The van der Waals surface area contributed by atoms with Crippen LogP contribution in [0.15, 0.2) is 279 Å². The molecule has 0 aliphatic carbocycles. The van der Waals surface area contributed by atoms with Crippen molar-refractivity contribution in [2.45, 2.75) is 51.9 Å². The van der Waals surface area contributed by atoms with Gasteiger partial charge in [0, 0.05) is 60.2 Å². The third-order valence-corrected chi connectivity index (χ3v) is 21.0. The third-order valence-electron chi connectivity index (χ3n) is 21.0. The molecule has 101 heavy (non-hydrogen) atoms. The Morgan fingerprint density at radius 2 is 0.644 bits per heavy atom. The number of hydrogen-bond donors (Lipinski definition) is 0. The van der Waals surface area contributed by atoms with Crippen LogP contribution >= 0.6 is 0 Å². The van der Waals surface area contributed by atoms with E-state index in [9.17, 15) is 21.0 Å². The fourth-order valence-electron chi connectivity index (χ4n) is 16.3. The van der Waals surface area contributed by atoms with E-state index in [0.717, 1.165) is 132 Å². The van der Waals surface area contributed by atoms with Gasteiger partial charge >= 0.3 is 0 Å². The second-order valence-electron chi connectivity index (χ2n) is 28.2. The van der Waals surface area contributed by atoms with Crippen LogP contribution in [-0.4, -0.2) is 18.3 Å². The fraction of sp³-hybridized carbons (Fsp3) is 0.0870. The first kappa shape index (κ1) is 60.0. The van der Waals surface area contributed by atoms with Crippen molar-refractivity contribution < 1.29 is 0 Å². The number of aromatic nitrogens is 4. The minimum Gasteiger partial charge on any atom is -0.310 e. The van der Waals surface area contributed by atoms with E-state index in [1.807, 2.05) is 36.4 Å². The van der Waals surface area contributed by atoms with Gasteiger partial charge in [-0.1, -0.05) is 192 Å². The molecule has 0 amide bonds. The van der Waals surface area contributed by atoms with Crippen LogP contribution in [0.5, 0.6) is 0 Å². The summed E-state index contributed by atoms with van der Waals surface area (Å²) in [4.78, 5) is 2.32. The van der Waals surface area contributed by atoms with Gasteiger partial charge in [0.25, 0.3) is 0 Å². The number of rotatable bonds is 10. The molecule has 0 N–H and O–H groups in total. The van der Waals surface area contributed by atoms with E-state index in [0.29, 0.717) is 45.0 Å². The monoisotopic (exact) mass is 1290 g/mol. The van der Waals surface area contributed by atoms with Crippen molar-refractivity contribution in [1.82, 2.24) is 18.3 Å². The zero-order valence-corrected chi connectivity index (χ0v) is 56.3. The normalized spacial score (nSPS) is 12.0. The maximum atomic E-state index is 11.3. The average Bonchev–Trinajstić information content (AvgIpc) is 1.50. The highest BCUT2D eigenvalue weighted by Crippen LogP contribution is 2.48. The van der Waals surface area contributed by atoms with E-state index in [-0.39, 0.29) is 10.8 Å². The van der Waals surface area contributed by atoms with Gasteiger partial charge in [-0.05, 0) is 177 Å². The summed E-state index contributed by atoms with van der Waals surface area (Å²) in [5, 5.41) is 57.8.